The second kappa shape index (κ2) is 4.61. The van der Waals surface area contributed by atoms with Gasteiger partial charge in [0.15, 0.2) is 0 Å². The molecule has 4 nitrogen and oxygen atoms in total. The number of ether oxygens (including phenoxy) is 1. The molecule has 3 N–H and O–H groups in total. The number of likely N-dealkylation sites (tertiary alicyclic amines) is 1. The van der Waals surface area contributed by atoms with E-state index in [9.17, 15) is 5.11 Å². The van der Waals surface area contributed by atoms with Gasteiger partial charge >= 0.3 is 0 Å². The Kier molecular flexibility index (Phi) is 3.54. The van der Waals surface area contributed by atoms with Crippen LogP contribution in [-0.4, -0.2) is 54.0 Å². The van der Waals surface area contributed by atoms with Gasteiger partial charge in [-0.1, -0.05) is 6.92 Å². The van der Waals surface area contributed by atoms with Crippen LogP contribution in [-0.2, 0) is 4.74 Å². The van der Waals surface area contributed by atoms with E-state index in [1.807, 2.05) is 0 Å². The van der Waals surface area contributed by atoms with Gasteiger partial charge in [-0.05, 0) is 32.2 Å². The molecule has 1 atom stereocenters. The Morgan fingerprint density at radius 3 is 2.50 bits per heavy atom. The standard InChI is InChI=1S/C12H24N2O2/c1-2-14-7-5-12(15,6-8-14)11(13)4-3-9-16-10-11/h15H,2-10,13H2,1H3. The van der Waals surface area contributed by atoms with Crippen LogP contribution in [0.3, 0.4) is 0 Å². The zero-order valence-electron chi connectivity index (χ0n) is 10.2. The summed E-state index contributed by atoms with van der Waals surface area (Å²) < 4.78 is 5.46. The first-order chi connectivity index (χ1) is 7.60. The number of nitrogens with zero attached hydrogens (tertiary/aromatic N) is 1. The zero-order chi connectivity index (χ0) is 11.6. The third-order valence-corrected chi connectivity index (χ3v) is 4.33. The molecule has 0 spiro atoms. The highest BCUT2D eigenvalue weighted by atomic mass is 16.5. The van der Waals surface area contributed by atoms with Gasteiger partial charge in [-0.15, -0.1) is 0 Å². The minimum atomic E-state index is -0.723. The number of hydrogen-bond donors (Lipinski definition) is 2. The molecule has 0 aromatic heterocycles. The number of hydrogen-bond acceptors (Lipinski definition) is 4. The highest BCUT2D eigenvalue weighted by Crippen LogP contribution is 2.36. The van der Waals surface area contributed by atoms with Crippen molar-refractivity contribution in [1.82, 2.24) is 4.90 Å². The van der Waals surface area contributed by atoms with Crippen molar-refractivity contribution in [2.75, 3.05) is 32.8 Å². The Bertz CT molecular complexity index is 231. The molecule has 2 aliphatic heterocycles. The fourth-order valence-corrected chi connectivity index (χ4v) is 2.92. The maximum Gasteiger partial charge on any atom is 0.0873 e. The van der Waals surface area contributed by atoms with E-state index in [1.54, 1.807) is 0 Å². The van der Waals surface area contributed by atoms with Gasteiger partial charge in [0, 0.05) is 19.7 Å². The molecule has 4 heteroatoms. The molecule has 2 rings (SSSR count). The van der Waals surface area contributed by atoms with E-state index in [0.717, 1.165) is 51.9 Å². The molecule has 94 valence electrons. The van der Waals surface area contributed by atoms with Gasteiger partial charge in [-0.3, -0.25) is 0 Å². The van der Waals surface area contributed by atoms with Gasteiger partial charge in [-0.25, -0.2) is 0 Å². The van der Waals surface area contributed by atoms with Gasteiger partial charge in [0.25, 0.3) is 0 Å². The van der Waals surface area contributed by atoms with Crippen LogP contribution in [0.25, 0.3) is 0 Å². The number of nitrogens with two attached hydrogens (primary N) is 1. The third kappa shape index (κ3) is 2.12. The molecule has 0 aliphatic carbocycles. The van der Waals surface area contributed by atoms with Crippen LogP contribution < -0.4 is 5.73 Å². The summed E-state index contributed by atoms with van der Waals surface area (Å²) in [5.41, 5.74) is 5.12. The van der Waals surface area contributed by atoms with Crippen molar-refractivity contribution in [2.24, 2.45) is 5.73 Å². The molecular formula is C12H24N2O2. The van der Waals surface area contributed by atoms with E-state index >= 15 is 0 Å². The Hall–Kier alpha value is -0.160. The number of rotatable bonds is 2. The van der Waals surface area contributed by atoms with Gasteiger partial charge < -0.3 is 20.5 Å². The predicted octanol–water partition coefficient (Wildman–Crippen LogP) is 0.341. The maximum absolute atomic E-state index is 10.7. The van der Waals surface area contributed by atoms with Crippen molar-refractivity contribution in [3.05, 3.63) is 0 Å². The van der Waals surface area contributed by atoms with E-state index in [0.29, 0.717) is 6.61 Å². The molecule has 0 aromatic carbocycles. The maximum atomic E-state index is 10.7. The minimum Gasteiger partial charge on any atom is -0.388 e. The summed E-state index contributed by atoms with van der Waals surface area (Å²) in [5.74, 6) is 0. The van der Waals surface area contributed by atoms with Crippen LogP contribution in [0.5, 0.6) is 0 Å². The molecule has 0 amide bonds. The molecule has 16 heavy (non-hydrogen) atoms. The van der Waals surface area contributed by atoms with Crippen LogP contribution in [0.1, 0.15) is 32.6 Å². The van der Waals surface area contributed by atoms with Crippen molar-refractivity contribution >= 4 is 0 Å². The average molecular weight is 228 g/mol. The monoisotopic (exact) mass is 228 g/mol. The second-order valence-corrected chi connectivity index (χ2v) is 5.28. The zero-order valence-corrected chi connectivity index (χ0v) is 10.2. The molecule has 2 aliphatic rings. The lowest BCUT2D eigenvalue weighted by atomic mass is 9.71. The van der Waals surface area contributed by atoms with Crippen molar-refractivity contribution < 1.29 is 9.84 Å². The number of aliphatic hydroxyl groups is 1. The minimum absolute atomic E-state index is 0.510. The van der Waals surface area contributed by atoms with E-state index in [-0.39, 0.29) is 0 Å². The largest absolute Gasteiger partial charge is 0.388 e. The molecular weight excluding hydrogens is 204 g/mol. The Balaban J connectivity index is 2.01. The van der Waals surface area contributed by atoms with Crippen molar-refractivity contribution in [3.63, 3.8) is 0 Å². The summed E-state index contributed by atoms with van der Waals surface area (Å²) in [6.07, 6.45) is 3.41. The van der Waals surface area contributed by atoms with Gasteiger partial charge in [0.2, 0.25) is 0 Å². The lowest BCUT2D eigenvalue weighted by Crippen LogP contribution is -2.67. The molecule has 0 saturated carbocycles. The topological polar surface area (TPSA) is 58.7 Å². The molecule has 2 heterocycles. The van der Waals surface area contributed by atoms with E-state index in [4.69, 9.17) is 10.5 Å². The Morgan fingerprint density at radius 2 is 2.00 bits per heavy atom. The highest BCUT2D eigenvalue weighted by Gasteiger charge is 2.49. The fourth-order valence-electron chi connectivity index (χ4n) is 2.92. The summed E-state index contributed by atoms with van der Waals surface area (Å²) in [4.78, 5) is 2.36. The van der Waals surface area contributed by atoms with Gasteiger partial charge in [0.1, 0.15) is 0 Å². The summed E-state index contributed by atoms with van der Waals surface area (Å²) in [6, 6.07) is 0. The fraction of sp³-hybridized carbons (Fsp3) is 1.00. The van der Waals surface area contributed by atoms with Crippen LogP contribution in [0.15, 0.2) is 0 Å². The van der Waals surface area contributed by atoms with Gasteiger partial charge in [-0.2, -0.15) is 0 Å². The van der Waals surface area contributed by atoms with Crippen molar-refractivity contribution in [1.29, 1.82) is 0 Å². The summed E-state index contributed by atoms with van der Waals surface area (Å²) >= 11 is 0. The first kappa shape index (κ1) is 12.3. The highest BCUT2D eigenvalue weighted by molar-refractivity contribution is 5.06. The normalized spacial score (nSPS) is 36.2. The molecule has 0 radical (unpaired) electrons. The van der Waals surface area contributed by atoms with Gasteiger partial charge in [0.05, 0.1) is 17.7 Å². The summed E-state index contributed by atoms with van der Waals surface area (Å²) in [5, 5.41) is 10.7. The molecule has 2 fully saturated rings. The van der Waals surface area contributed by atoms with Crippen LogP contribution in [0, 0.1) is 0 Å². The first-order valence-electron chi connectivity index (χ1n) is 6.41. The van der Waals surface area contributed by atoms with Crippen molar-refractivity contribution in [3.8, 4) is 0 Å². The second-order valence-electron chi connectivity index (χ2n) is 5.28. The lowest BCUT2D eigenvalue weighted by Gasteiger charge is -2.50. The number of piperidine rings is 1. The third-order valence-electron chi connectivity index (χ3n) is 4.33. The van der Waals surface area contributed by atoms with Crippen LogP contribution in [0.2, 0.25) is 0 Å². The molecule has 0 aromatic rings. The van der Waals surface area contributed by atoms with E-state index in [1.165, 1.54) is 0 Å². The lowest BCUT2D eigenvalue weighted by molar-refractivity contribution is -0.123. The molecule has 2 saturated heterocycles. The Labute approximate surface area is 97.7 Å². The van der Waals surface area contributed by atoms with E-state index < -0.39 is 11.1 Å². The SMILES string of the molecule is CCN1CCC(O)(C2(N)CCCOC2)CC1. The van der Waals surface area contributed by atoms with E-state index in [2.05, 4.69) is 11.8 Å². The molecule has 0 bridgehead atoms. The summed E-state index contributed by atoms with van der Waals surface area (Å²) in [6.45, 7) is 6.42. The molecule has 1 unspecified atom stereocenters. The summed E-state index contributed by atoms with van der Waals surface area (Å²) in [7, 11) is 0. The Morgan fingerprint density at radius 1 is 1.31 bits per heavy atom. The average Bonchev–Trinajstić information content (AvgIpc) is 2.31. The quantitative estimate of drug-likeness (QED) is 0.715. The van der Waals surface area contributed by atoms with Crippen LogP contribution in [0.4, 0.5) is 0 Å². The first-order valence-corrected chi connectivity index (χ1v) is 6.41. The smallest absolute Gasteiger partial charge is 0.0873 e. The van der Waals surface area contributed by atoms with Crippen molar-refractivity contribution in [2.45, 2.75) is 43.7 Å². The predicted molar refractivity (Wildman–Crippen MR) is 63.3 cm³/mol. The van der Waals surface area contributed by atoms with Crippen LogP contribution >= 0.6 is 0 Å².